The summed E-state index contributed by atoms with van der Waals surface area (Å²) in [6.45, 7) is 3.68. The molecule has 2 aromatic rings. The molecule has 1 aromatic carbocycles. The monoisotopic (exact) mass is 284 g/mol. The second kappa shape index (κ2) is 3.89. The molecule has 3 heteroatoms. The van der Waals surface area contributed by atoms with Crippen molar-refractivity contribution < 1.29 is 5.11 Å². The number of rotatable bonds is 2. The van der Waals surface area contributed by atoms with Gasteiger partial charge in [-0.3, -0.25) is 0 Å². The van der Waals surface area contributed by atoms with Gasteiger partial charge in [-0.05, 0) is 43.5 Å². The maximum Gasteiger partial charge on any atom is 0.0639 e. The normalized spacial score (nSPS) is 12.3. The van der Waals surface area contributed by atoms with Crippen LogP contribution in [0.25, 0.3) is 10.1 Å². The second-order valence-corrected chi connectivity index (χ2v) is 6.47. The Labute approximate surface area is 102 Å². The van der Waals surface area contributed by atoms with E-state index in [1.165, 1.54) is 15.0 Å². The highest BCUT2D eigenvalue weighted by molar-refractivity contribution is 9.10. The third kappa shape index (κ3) is 2.80. The standard InChI is InChI=1S/C12H13BrOS/c1-12(2,14)7-10-6-8-5-9(13)3-4-11(8)15-10/h3-6,14H,7H2,1-2H3. The average molecular weight is 285 g/mol. The summed E-state index contributed by atoms with van der Waals surface area (Å²) in [7, 11) is 0. The van der Waals surface area contributed by atoms with E-state index in [0.717, 1.165) is 4.47 Å². The smallest absolute Gasteiger partial charge is 0.0639 e. The van der Waals surface area contributed by atoms with Crippen molar-refractivity contribution in [1.29, 1.82) is 0 Å². The molecule has 0 aliphatic heterocycles. The summed E-state index contributed by atoms with van der Waals surface area (Å²) >= 11 is 5.21. The van der Waals surface area contributed by atoms with Crippen LogP contribution in [0, 0.1) is 0 Å². The molecule has 0 aliphatic carbocycles. The molecule has 1 aromatic heterocycles. The first-order valence-corrected chi connectivity index (χ1v) is 6.45. The van der Waals surface area contributed by atoms with Crippen molar-refractivity contribution in [1.82, 2.24) is 0 Å². The molecule has 0 unspecified atom stereocenters. The average Bonchev–Trinajstić information content (AvgIpc) is 2.42. The molecule has 80 valence electrons. The Bertz CT molecular complexity index is 482. The second-order valence-electron chi connectivity index (χ2n) is 4.38. The topological polar surface area (TPSA) is 20.2 Å². The predicted octanol–water partition coefficient (Wildman–Crippen LogP) is 3.98. The number of hydrogen-bond acceptors (Lipinski definition) is 2. The number of fused-ring (bicyclic) bond motifs is 1. The maximum atomic E-state index is 9.75. The zero-order valence-electron chi connectivity index (χ0n) is 8.75. The van der Waals surface area contributed by atoms with E-state index in [1.54, 1.807) is 11.3 Å². The van der Waals surface area contributed by atoms with Crippen molar-refractivity contribution in [2.24, 2.45) is 0 Å². The van der Waals surface area contributed by atoms with Gasteiger partial charge in [0.15, 0.2) is 0 Å². The lowest BCUT2D eigenvalue weighted by Gasteiger charge is -2.14. The van der Waals surface area contributed by atoms with Crippen LogP contribution in [0.15, 0.2) is 28.7 Å². The van der Waals surface area contributed by atoms with Crippen LogP contribution in [-0.2, 0) is 6.42 Å². The summed E-state index contributed by atoms with van der Waals surface area (Å²) in [5.41, 5.74) is -0.627. The van der Waals surface area contributed by atoms with Crippen LogP contribution >= 0.6 is 27.3 Å². The highest BCUT2D eigenvalue weighted by Gasteiger charge is 2.15. The molecule has 1 nitrogen and oxygen atoms in total. The predicted molar refractivity (Wildman–Crippen MR) is 69.5 cm³/mol. The molecule has 1 heterocycles. The van der Waals surface area contributed by atoms with E-state index in [1.807, 2.05) is 19.9 Å². The fourth-order valence-electron chi connectivity index (χ4n) is 1.58. The number of aliphatic hydroxyl groups is 1. The van der Waals surface area contributed by atoms with Crippen molar-refractivity contribution in [2.75, 3.05) is 0 Å². The van der Waals surface area contributed by atoms with Gasteiger partial charge in [0.2, 0.25) is 0 Å². The van der Waals surface area contributed by atoms with Gasteiger partial charge in [-0.1, -0.05) is 15.9 Å². The first-order valence-electron chi connectivity index (χ1n) is 4.84. The fourth-order valence-corrected chi connectivity index (χ4v) is 3.23. The summed E-state index contributed by atoms with van der Waals surface area (Å²) in [5, 5.41) is 11.0. The molecular weight excluding hydrogens is 272 g/mol. The van der Waals surface area contributed by atoms with Crippen LogP contribution in [0.2, 0.25) is 0 Å². The zero-order chi connectivity index (χ0) is 11.1. The Balaban J connectivity index is 2.39. The largest absolute Gasteiger partial charge is 0.390 e. The van der Waals surface area contributed by atoms with Crippen molar-refractivity contribution in [3.05, 3.63) is 33.6 Å². The van der Waals surface area contributed by atoms with Crippen LogP contribution in [0.5, 0.6) is 0 Å². The Morgan fingerprint density at radius 3 is 2.73 bits per heavy atom. The number of thiophene rings is 1. The molecule has 0 fully saturated rings. The Kier molecular flexibility index (Phi) is 2.88. The van der Waals surface area contributed by atoms with Crippen molar-refractivity contribution in [2.45, 2.75) is 25.9 Å². The van der Waals surface area contributed by atoms with Gasteiger partial charge in [-0.15, -0.1) is 11.3 Å². The minimum Gasteiger partial charge on any atom is -0.390 e. The van der Waals surface area contributed by atoms with E-state index in [4.69, 9.17) is 0 Å². The Morgan fingerprint density at radius 2 is 2.07 bits per heavy atom. The number of halogens is 1. The first kappa shape index (κ1) is 11.1. The minimum atomic E-state index is -0.627. The SMILES string of the molecule is CC(C)(O)Cc1cc2cc(Br)ccc2s1. The molecule has 0 saturated carbocycles. The summed E-state index contributed by atoms with van der Waals surface area (Å²) in [6, 6.07) is 8.42. The number of hydrogen-bond donors (Lipinski definition) is 1. The van der Waals surface area contributed by atoms with E-state index in [2.05, 4.69) is 34.1 Å². The van der Waals surface area contributed by atoms with Gasteiger partial charge >= 0.3 is 0 Å². The Morgan fingerprint density at radius 1 is 1.33 bits per heavy atom. The lowest BCUT2D eigenvalue weighted by atomic mass is 10.0. The number of benzene rings is 1. The summed E-state index contributed by atoms with van der Waals surface area (Å²) < 4.78 is 2.38. The summed E-state index contributed by atoms with van der Waals surface area (Å²) in [4.78, 5) is 1.23. The quantitative estimate of drug-likeness (QED) is 0.885. The molecule has 0 spiro atoms. The molecule has 0 bridgehead atoms. The third-order valence-electron chi connectivity index (χ3n) is 2.14. The van der Waals surface area contributed by atoms with E-state index in [9.17, 15) is 5.11 Å². The molecular formula is C12H13BrOS. The van der Waals surface area contributed by atoms with Crippen LogP contribution in [0.1, 0.15) is 18.7 Å². The highest BCUT2D eigenvalue weighted by Crippen LogP contribution is 2.30. The fraction of sp³-hybridized carbons (Fsp3) is 0.333. The van der Waals surface area contributed by atoms with E-state index < -0.39 is 5.60 Å². The molecule has 0 aliphatic rings. The molecule has 0 saturated heterocycles. The van der Waals surface area contributed by atoms with E-state index in [-0.39, 0.29) is 0 Å². The molecule has 15 heavy (non-hydrogen) atoms. The molecule has 2 rings (SSSR count). The molecule has 0 amide bonds. The van der Waals surface area contributed by atoms with Crippen LogP contribution < -0.4 is 0 Å². The molecule has 1 N–H and O–H groups in total. The summed E-state index contributed by atoms with van der Waals surface area (Å²) in [6.07, 6.45) is 0.712. The van der Waals surface area contributed by atoms with Gasteiger partial charge in [0, 0.05) is 20.5 Å². The van der Waals surface area contributed by atoms with Gasteiger partial charge < -0.3 is 5.11 Å². The van der Waals surface area contributed by atoms with E-state index in [0.29, 0.717) is 6.42 Å². The zero-order valence-corrected chi connectivity index (χ0v) is 11.2. The van der Waals surface area contributed by atoms with Gasteiger partial charge in [0.1, 0.15) is 0 Å². The lowest BCUT2D eigenvalue weighted by Crippen LogP contribution is -2.20. The van der Waals surface area contributed by atoms with Crippen LogP contribution in [-0.4, -0.2) is 10.7 Å². The summed E-state index contributed by atoms with van der Waals surface area (Å²) in [5.74, 6) is 0. The van der Waals surface area contributed by atoms with Crippen LogP contribution in [0.3, 0.4) is 0 Å². The van der Waals surface area contributed by atoms with Gasteiger partial charge in [-0.25, -0.2) is 0 Å². The molecule has 0 atom stereocenters. The molecule has 0 radical (unpaired) electrons. The van der Waals surface area contributed by atoms with Crippen molar-refractivity contribution >= 4 is 37.4 Å². The van der Waals surface area contributed by atoms with E-state index >= 15 is 0 Å². The van der Waals surface area contributed by atoms with Gasteiger partial charge in [0.05, 0.1) is 5.60 Å². The minimum absolute atomic E-state index is 0.627. The van der Waals surface area contributed by atoms with Gasteiger partial charge in [0.25, 0.3) is 0 Å². The first-order chi connectivity index (χ1) is 6.94. The maximum absolute atomic E-state index is 9.75. The highest BCUT2D eigenvalue weighted by atomic mass is 79.9. The van der Waals surface area contributed by atoms with Crippen molar-refractivity contribution in [3.8, 4) is 0 Å². The van der Waals surface area contributed by atoms with Gasteiger partial charge in [-0.2, -0.15) is 0 Å². The Hall–Kier alpha value is -0.380. The third-order valence-corrected chi connectivity index (χ3v) is 3.75. The lowest BCUT2D eigenvalue weighted by molar-refractivity contribution is 0.0819. The van der Waals surface area contributed by atoms with Crippen LogP contribution in [0.4, 0.5) is 0 Å². The van der Waals surface area contributed by atoms with Crippen molar-refractivity contribution in [3.63, 3.8) is 0 Å².